The number of amides is 1. The van der Waals surface area contributed by atoms with Crippen molar-refractivity contribution in [1.29, 1.82) is 0 Å². The Labute approximate surface area is 259 Å². The van der Waals surface area contributed by atoms with E-state index in [1.165, 1.54) is 12.1 Å². The maximum Gasteiger partial charge on any atom is 0.241 e. The smallest absolute Gasteiger partial charge is 0.241 e. The van der Waals surface area contributed by atoms with Gasteiger partial charge in [-0.25, -0.2) is 8.78 Å². The molecule has 3 aliphatic rings. The molecule has 2 saturated heterocycles. The van der Waals surface area contributed by atoms with Gasteiger partial charge in [0, 0.05) is 80.2 Å². The van der Waals surface area contributed by atoms with Crippen molar-refractivity contribution in [2.45, 2.75) is 57.2 Å². The van der Waals surface area contributed by atoms with Gasteiger partial charge in [-0.3, -0.25) is 19.6 Å². The number of aromatic nitrogens is 1. The summed E-state index contributed by atoms with van der Waals surface area (Å²) in [7, 11) is 0. The van der Waals surface area contributed by atoms with Crippen LogP contribution in [-0.2, 0) is 21.4 Å². The number of hydrogen-bond acceptors (Lipinski definition) is 7. The van der Waals surface area contributed by atoms with E-state index in [2.05, 4.69) is 40.9 Å². The summed E-state index contributed by atoms with van der Waals surface area (Å²) < 4.78 is 33.4. The standard InChI is InChI=1S/C30H41F2N5O3.2ClH/c1-20-14-35(24(12-33-20)15-36-7-8-40-19-30(36,4)18-38)16-28(39)37-17-29(2,3)25-13-34-23(11-27(25)37)9-21-5-6-22(31)10-26(21)32;;/h5-6,10-11,13,20,24,33,38H,7-9,12,14-19H2,1-4H3;2*1H/t20-,24-,30-;;/m1../s1. The first-order valence-electron chi connectivity index (χ1n) is 14.1. The third-order valence-electron chi connectivity index (χ3n) is 8.72. The van der Waals surface area contributed by atoms with Crippen molar-refractivity contribution in [3.63, 3.8) is 0 Å². The number of fused-ring (bicyclic) bond motifs is 1. The second-order valence-corrected chi connectivity index (χ2v) is 12.5. The van der Waals surface area contributed by atoms with Crippen molar-refractivity contribution in [2.24, 2.45) is 0 Å². The normalized spacial score (nSPS) is 25.8. The molecule has 0 spiro atoms. The highest BCUT2D eigenvalue weighted by atomic mass is 35.5. The highest BCUT2D eigenvalue weighted by molar-refractivity contribution is 5.97. The Kier molecular flexibility index (Phi) is 11.4. The zero-order valence-corrected chi connectivity index (χ0v) is 26.4. The molecule has 12 heteroatoms. The zero-order valence-electron chi connectivity index (χ0n) is 24.7. The summed E-state index contributed by atoms with van der Waals surface area (Å²) in [6.45, 7) is 13.3. The second kappa shape index (κ2) is 13.8. The molecule has 0 aliphatic carbocycles. The van der Waals surface area contributed by atoms with Crippen molar-refractivity contribution in [3.8, 4) is 0 Å². The number of aliphatic hydroxyl groups excluding tert-OH is 1. The van der Waals surface area contributed by atoms with E-state index >= 15 is 0 Å². The number of pyridine rings is 1. The highest BCUT2D eigenvalue weighted by Gasteiger charge is 2.41. The molecule has 2 aromatic rings. The molecule has 1 amide bonds. The molecule has 1 aromatic carbocycles. The number of morpholine rings is 1. The third kappa shape index (κ3) is 7.23. The average Bonchev–Trinajstić information content (AvgIpc) is 3.18. The van der Waals surface area contributed by atoms with Gasteiger partial charge in [0.05, 0.1) is 37.6 Å². The van der Waals surface area contributed by atoms with E-state index in [0.29, 0.717) is 31.0 Å². The summed E-state index contributed by atoms with van der Waals surface area (Å²) in [6.07, 6.45) is 2.01. The van der Waals surface area contributed by atoms with Gasteiger partial charge in [0.15, 0.2) is 0 Å². The number of rotatable bonds is 7. The predicted molar refractivity (Wildman–Crippen MR) is 164 cm³/mol. The minimum atomic E-state index is -0.614. The lowest BCUT2D eigenvalue weighted by molar-refractivity contribution is -0.122. The fourth-order valence-electron chi connectivity index (χ4n) is 6.18. The number of carbonyl (C=O) groups is 1. The molecule has 42 heavy (non-hydrogen) atoms. The van der Waals surface area contributed by atoms with Gasteiger partial charge in [-0.1, -0.05) is 19.9 Å². The first kappa shape index (κ1) is 34.6. The molecular formula is C30H43Cl2F2N5O3. The number of piperazine rings is 1. The highest BCUT2D eigenvalue weighted by Crippen LogP contribution is 2.40. The molecule has 5 rings (SSSR count). The lowest BCUT2D eigenvalue weighted by Crippen LogP contribution is -2.65. The van der Waals surface area contributed by atoms with Crippen LogP contribution in [0.4, 0.5) is 14.5 Å². The molecule has 2 N–H and O–H groups in total. The van der Waals surface area contributed by atoms with Crippen LogP contribution in [0.5, 0.6) is 0 Å². The first-order valence-corrected chi connectivity index (χ1v) is 14.1. The minimum Gasteiger partial charge on any atom is -0.394 e. The van der Waals surface area contributed by atoms with Crippen LogP contribution >= 0.6 is 24.8 Å². The van der Waals surface area contributed by atoms with Gasteiger partial charge in [-0.05, 0) is 31.5 Å². The van der Waals surface area contributed by atoms with Crippen LogP contribution in [0.3, 0.4) is 0 Å². The fraction of sp³-hybridized carbons (Fsp3) is 0.600. The maximum atomic E-state index is 14.3. The van der Waals surface area contributed by atoms with Crippen molar-refractivity contribution in [2.75, 3.05) is 64.0 Å². The van der Waals surface area contributed by atoms with E-state index < -0.39 is 17.2 Å². The van der Waals surface area contributed by atoms with Gasteiger partial charge in [0.25, 0.3) is 0 Å². The van der Waals surface area contributed by atoms with Gasteiger partial charge < -0.3 is 20.1 Å². The molecule has 0 saturated carbocycles. The molecule has 1 aromatic heterocycles. The molecular weight excluding hydrogens is 587 g/mol. The van der Waals surface area contributed by atoms with Crippen LogP contribution in [0.25, 0.3) is 0 Å². The minimum absolute atomic E-state index is 0. The van der Waals surface area contributed by atoms with Crippen LogP contribution < -0.4 is 10.2 Å². The number of nitrogens with zero attached hydrogens (tertiary/aromatic N) is 4. The summed E-state index contributed by atoms with van der Waals surface area (Å²) in [5, 5.41) is 13.6. The maximum absolute atomic E-state index is 14.3. The second-order valence-electron chi connectivity index (χ2n) is 12.5. The number of hydrogen-bond donors (Lipinski definition) is 2. The van der Waals surface area contributed by atoms with Crippen LogP contribution in [0.1, 0.15) is 44.5 Å². The summed E-state index contributed by atoms with van der Waals surface area (Å²) in [4.78, 5) is 24.9. The molecule has 0 radical (unpaired) electrons. The van der Waals surface area contributed by atoms with E-state index in [0.717, 1.165) is 43.5 Å². The van der Waals surface area contributed by atoms with Crippen molar-refractivity contribution >= 4 is 36.4 Å². The molecule has 0 unspecified atom stereocenters. The molecule has 3 atom stereocenters. The molecule has 3 aliphatic heterocycles. The third-order valence-corrected chi connectivity index (χ3v) is 8.72. The molecule has 4 heterocycles. The SMILES string of the molecule is C[C@@H]1CN(CC(=O)N2CC(C)(C)c3cnc(Cc4ccc(F)cc4F)cc32)[C@@H](CN2CCOC[C@@]2(C)CO)CN1.Cl.Cl. The lowest BCUT2D eigenvalue weighted by atomic mass is 9.88. The fourth-order valence-corrected chi connectivity index (χ4v) is 6.18. The number of carbonyl (C=O) groups excluding carboxylic acids is 1. The number of nitrogens with one attached hydrogen (secondary N) is 1. The largest absolute Gasteiger partial charge is 0.394 e. The molecule has 8 nitrogen and oxygen atoms in total. The Morgan fingerprint density at radius 2 is 1.98 bits per heavy atom. The number of halogens is 4. The Morgan fingerprint density at radius 1 is 1.21 bits per heavy atom. The van der Waals surface area contributed by atoms with Gasteiger partial charge in [0.1, 0.15) is 11.6 Å². The summed E-state index contributed by atoms with van der Waals surface area (Å²) in [6, 6.07) is 5.80. The zero-order chi connectivity index (χ0) is 28.7. The van der Waals surface area contributed by atoms with E-state index in [1.54, 1.807) is 6.20 Å². The Morgan fingerprint density at radius 3 is 2.69 bits per heavy atom. The predicted octanol–water partition coefficient (Wildman–Crippen LogP) is 3.16. The van der Waals surface area contributed by atoms with Crippen molar-refractivity contribution < 1.29 is 23.4 Å². The van der Waals surface area contributed by atoms with Crippen LogP contribution in [0.2, 0.25) is 0 Å². The Bertz CT molecular complexity index is 1260. The van der Waals surface area contributed by atoms with Crippen LogP contribution in [0.15, 0.2) is 30.5 Å². The number of anilines is 1. The van der Waals surface area contributed by atoms with Gasteiger partial charge >= 0.3 is 0 Å². The monoisotopic (exact) mass is 629 g/mol. The quantitative estimate of drug-likeness (QED) is 0.487. The van der Waals surface area contributed by atoms with E-state index in [-0.39, 0.29) is 67.8 Å². The van der Waals surface area contributed by atoms with Gasteiger partial charge in [0.2, 0.25) is 5.91 Å². The summed E-state index contributed by atoms with van der Waals surface area (Å²) in [5.41, 5.74) is 2.07. The average molecular weight is 631 g/mol. The lowest BCUT2D eigenvalue weighted by Gasteiger charge is -2.48. The number of aliphatic hydroxyl groups is 1. The summed E-state index contributed by atoms with van der Waals surface area (Å²) in [5.74, 6) is -1.20. The van der Waals surface area contributed by atoms with Crippen molar-refractivity contribution in [3.05, 3.63) is 58.9 Å². The number of ether oxygens (including phenoxy) is 1. The molecule has 2 fully saturated rings. The molecule has 234 valence electrons. The van der Waals surface area contributed by atoms with E-state index in [9.17, 15) is 18.7 Å². The first-order chi connectivity index (χ1) is 19.0. The number of benzene rings is 1. The van der Waals surface area contributed by atoms with Crippen molar-refractivity contribution in [1.82, 2.24) is 20.1 Å². The van der Waals surface area contributed by atoms with Gasteiger partial charge in [-0.15, -0.1) is 24.8 Å². The van der Waals surface area contributed by atoms with Crippen LogP contribution in [-0.4, -0.2) is 103 Å². The topological polar surface area (TPSA) is 81.2 Å². The van der Waals surface area contributed by atoms with E-state index in [1.807, 2.05) is 17.9 Å². The molecule has 0 bridgehead atoms. The van der Waals surface area contributed by atoms with Crippen LogP contribution in [0, 0.1) is 11.6 Å². The van der Waals surface area contributed by atoms with E-state index in [4.69, 9.17) is 4.74 Å². The Balaban J connectivity index is 0.00000242. The van der Waals surface area contributed by atoms with Gasteiger partial charge in [-0.2, -0.15) is 0 Å². The summed E-state index contributed by atoms with van der Waals surface area (Å²) >= 11 is 0. The Hall–Kier alpha value is -1.92.